The van der Waals surface area contributed by atoms with Gasteiger partial charge in [0.1, 0.15) is 11.7 Å². The minimum absolute atomic E-state index is 0.0444. The fourth-order valence-corrected chi connectivity index (χ4v) is 3.32. The Morgan fingerprint density at radius 2 is 2.35 bits per heavy atom. The molecule has 120 valence electrons. The van der Waals surface area contributed by atoms with Crippen LogP contribution in [-0.4, -0.2) is 39.3 Å². The van der Waals surface area contributed by atoms with Gasteiger partial charge in [-0.05, 0) is 36.8 Å². The molecule has 0 saturated heterocycles. The van der Waals surface area contributed by atoms with Crippen molar-refractivity contribution >= 4 is 22.8 Å². The van der Waals surface area contributed by atoms with Crippen LogP contribution in [0.3, 0.4) is 0 Å². The SMILES string of the molecule is CCC(C(=O)NCC1CC1)N1Cc2ccnc3[nH]cc(c23)C1=O. The minimum Gasteiger partial charge on any atom is -0.354 e. The molecule has 1 saturated carbocycles. The van der Waals surface area contributed by atoms with E-state index in [1.165, 1.54) is 12.8 Å². The molecule has 0 radical (unpaired) electrons. The Labute approximate surface area is 134 Å². The van der Waals surface area contributed by atoms with Crippen molar-refractivity contribution in [2.45, 2.75) is 38.8 Å². The average Bonchev–Trinajstić information content (AvgIpc) is 3.29. The van der Waals surface area contributed by atoms with Gasteiger partial charge < -0.3 is 15.2 Å². The highest BCUT2D eigenvalue weighted by Gasteiger charge is 2.35. The Balaban J connectivity index is 1.61. The van der Waals surface area contributed by atoms with Crippen LogP contribution in [0, 0.1) is 5.92 Å². The first-order valence-corrected chi connectivity index (χ1v) is 8.22. The molecule has 0 spiro atoms. The molecule has 4 rings (SSSR count). The Morgan fingerprint density at radius 1 is 1.52 bits per heavy atom. The number of H-pyrrole nitrogens is 1. The summed E-state index contributed by atoms with van der Waals surface area (Å²) in [5.74, 6) is 0.492. The number of hydrogen-bond acceptors (Lipinski definition) is 3. The molecular weight excluding hydrogens is 292 g/mol. The van der Waals surface area contributed by atoms with Crippen molar-refractivity contribution in [1.29, 1.82) is 0 Å². The maximum atomic E-state index is 12.8. The van der Waals surface area contributed by atoms with Crippen LogP contribution in [0.15, 0.2) is 18.5 Å². The second kappa shape index (κ2) is 5.37. The van der Waals surface area contributed by atoms with Crippen LogP contribution in [0.5, 0.6) is 0 Å². The Morgan fingerprint density at radius 3 is 3.09 bits per heavy atom. The van der Waals surface area contributed by atoms with Gasteiger partial charge in [-0.15, -0.1) is 0 Å². The molecule has 1 fully saturated rings. The molecule has 23 heavy (non-hydrogen) atoms. The molecule has 1 aliphatic heterocycles. The zero-order valence-electron chi connectivity index (χ0n) is 13.1. The third kappa shape index (κ3) is 2.38. The van der Waals surface area contributed by atoms with Crippen molar-refractivity contribution in [2.75, 3.05) is 6.54 Å². The number of rotatable bonds is 5. The van der Waals surface area contributed by atoms with Crippen molar-refractivity contribution in [3.8, 4) is 0 Å². The first-order valence-electron chi connectivity index (χ1n) is 8.22. The second-order valence-electron chi connectivity index (χ2n) is 6.44. The molecule has 1 unspecified atom stereocenters. The fourth-order valence-electron chi connectivity index (χ4n) is 3.32. The maximum absolute atomic E-state index is 12.8. The van der Waals surface area contributed by atoms with E-state index in [4.69, 9.17) is 0 Å². The molecule has 0 aromatic carbocycles. The molecule has 2 N–H and O–H groups in total. The van der Waals surface area contributed by atoms with Crippen LogP contribution >= 0.6 is 0 Å². The molecule has 2 aromatic heterocycles. The molecule has 6 nitrogen and oxygen atoms in total. The Kier molecular flexibility index (Phi) is 3.32. The van der Waals surface area contributed by atoms with Gasteiger partial charge in [-0.1, -0.05) is 6.92 Å². The summed E-state index contributed by atoms with van der Waals surface area (Å²) in [5, 5.41) is 3.89. The number of aromatic nitrogens is 2. The average molecular weight is 312 g/mol. The Hall–Kier alpha value is -2.37. The summed E-state index contributed by atoms with van der Waals surface area (Å²) in [6.45, 7) is 3.13. The van der Waals surface area contributed by atoms with Gasteiger partial charge in [0.05, 0.1) is 5.56 Å². The monoisotopic (exact) mass is 312 g/mol. The maximum Gasteiger partial charge on any atom is 0.257 e. The van der Waals surface area contributed by atoms with Gasteiger partial charge in [0.25, 0.3) is 5.91 Å². The van der Waals surface area contributed by atoms with Crippen LogP contribution in [0.1, 0.15) is 42.1 Å². The molecule has 2 aromatic rings. The lowest BCUT2D eigenvalue weighted by molar-refractivity contribution is -0.126. The summed E-state index contributed by atoms with van der Waals surface area (Å²) in [6, 6.07) is 1.50. The van der Waals surface area contributed by atoms with E-state index < -0.39 is 6.04 Å². The zero-order chi connectivity index (χ0) is 16.0. The number of carbonyl (C=O) groups excluding carboxylic acids is 2. The van der Waals surface area contributed by atoms with Crippen LogP contribution in [0.2, 0.25) is 0 Å². The molecule has 6 heteroatoms. The summed E-state index contributed by atoms with van der Waals surface area (Å²) in [4.78, 5) is 34.3. The van der Waals surface area contributed by atoms with Gasteiger partial charge in [-0.25, -0.2) is 4.98 Å². The van der Waals surface area contributed by atoms with E-state index in [2.05, 4.69) is 15.3 Å². The van der Waals surface area contributed by atoms with Crippen LogP contribution in [0.4, 0.5) is 0 Å². The standard InChI is InChI=1S/C17H20N4O2/c1-2-13(16(22)20-7-10-3-4-10)21-9-11-5-6-18-15-14(11)12(8-19-15)17(21)23/h5-6,8,10,13H,2-4,7,9H2,1H3,(H,18,19)(H,20,22). The highest BCUT2D eigenvalue weighted by Crippen LogP contribution is 2.30. The molecule has 0 bridgehead atoms. The number of nitrogens with zero attached hydrogens (tertiary/aromatic N) is 2. The predicted octanol–water partition coefficient (Wildman–Crippen LogP) is 1.82. The fraction of sp³-hybridized carbons (Fsp3) is 0.471. The normalized spacial score (nSPS) is 18.3. The number of nitrogens with one attached hydrogen (secondary N) is 2. The van der Waals surface area contributed by atoms with Gasteiger partial charge in [0.15, 0.2) is 0 Å². The highest BCUT2D eigenvalue weighted by molar-refractivity contribution is 6.10. The third-order valence-corrected chi connectivity index (χ3v) is 4.82. The van der Waals surface area contributed by atoms with Crippen LogP contribution in [-0.2, 0) is 11.3 Å². The predicted molar refractivity (Wildman–Crippen MR) is 85.8 cm³/mol. The van der Waals surface area contributed by atoms with Crippen LogP contribution < -0.4 is 5.32 Å². The van der Waals surface area contributed by atoms with Crippen molar-refractivity contribution in [3.63, 3.8) is 0 Å². The molecule has 3 heterocycles. The smallest absolute Gasteiger partial charge is 0.257 e. The van der Waals surface area contributed by atoms with Gasteiger partial charge >= 0.3 is 0 Å². The second-order valence-corrected chi connectivity index (χ2v) is 6.44. The van der Waals surface area contributed by atoms with E-state index in [0.29, 0.717) is 24.4 Å². The Bertz CT molecular complexity index is 778. The summed E-state index contributed by atoms with van der Waals surface area (Å²) in [7, 11) is 0. The lowest BCUT2D eigenvalue weighted by atomic mass is 10.00. The van der Waals surface area contributed by atoms with Crippen molar-refractivity contribution in [1.82, 2.24) is 20.2 Å². The first-order chi connectivity index (χ1) is 11.2. The lowest BCUT2D eigenvalue weighted by Gasteiger charge is -2.33. The quantitative estimate of drug-likeness (QED) is 0.884. The van der Waals surface area contributed by atoms with E-state index >= 15 is 0 Å². The van der Waals surface area contributed by atoms with Crippen molar-refractivity contribution in [2.24, 2.45) is 5.92 Å². The molecule has 1 atom stereocenters. The van der Waals surface area contributed by atoms with E-state index in [1.807, 2.05) is 13.0 Å². The summed E-state index contributed by atoms with van der Waals surface area (Å²) in [6.07, 6.45) is 6.43. The molecule has 2 amide bonds. The van der Waals surface area contributed by atoms with Crippen molar-refractivity contribution in [3.05, 3.63) is 29.6 Å². The minimum atomic E-state index is -0.424. The summed E-state index contributed by atoms with van der Waals surface area (Å²) >= 11 is 0. The number of pyridine rings is 1. The van der Waals surface area contributed by atoms with Gasteiger partial charge in [0, 0.05) is 30.9 Å². The first kappa shape index (κ1) is 14.2. The largest absolute Gasteiger partial charge is 0.354 e. The van der Waals surface area contributed by atoms with Crippen molar-refractivity contribution < 1.29 is 9.59 Å². The lowest BCUT2D eigenvalue weighted by Crippen LogP contribution is -2.50. The van der Waals surface area contributed by atoms with E-state index in [1.54, 1.807) is 17.3 Å². The summed E-state index contributed by atoms with van der Waals surface area (Å²) < 4.78 is 0. The van der Waals surface area contributed by atoms with Crippen LogP contribution in [0.25, 0.3) is 11.0 Å². The molecular formula is C17H20N4O2. The number of aromatic amines is 1. The summed E-state index contributed by atoms with van der Waals surface area (Å²) in [5.41, 5.74) is 2.39. The molecule has 1 aliphatic carbocycles. The molecule has 2 aliphatic rings. The van der Waals surface area contributed by atoms with Gasteiger partial charge in [-0.2, -0.15) is 0 Å². The highest BCUT2D eigenvalue weighted by atomic mass is 16.2. The van der Waals surface area contributed by atoms with Gasteiger partial charge in [0.2, 0.25) is 5.91 Å². The number of amides is 2. The van der Waals surface area contributed by atoms with Gasteiger partial charge in [-0.3, -0.25) is 9.59 Å². The number of hydrogen-bond donors (Lipinski definition) is 2. The number of carbonyl (C=O) groups is 2. The third-order valence-electron chi connectivity index (χ3n) is 4.82. The van der Waals surface area contributed by atoms with E-state index in [0.717, 1.165) is 23.1 Å². The van der Waals surface area contributed by atoms with E-state index in [9.17, 15) is 9.59 Å². The van der Waals surface area contributed by atoms with E-state index in [-0.39, 0.29) is 11.8 Å². The topological polar surface area (TPSA) is 78.1 Å². The zero-order valence-corrected chi connectivity index (χ0v) is 13.1.